The van der Waals surface area contributed by atoms with Crippen LogP contribution in [0.15, 0.2) is 35.4 Å². The average molecular weight is 268 g/mol. The molecule has 20 heavy (non-hydrogen) atoms. The molecule has 0 N–H and O–H groups in total. The van der Waals surface area contributed by atoms with Gasteiger partial charge in [0.25, 0.3) is 0 Å². The van der Waals surface area contributed by atoms with Gasteiger partial charge in [-0.05, 0) is 35.8 Å². The molecule has 0 aliphatic heterocycles. The lowest BCUT2D eigenvalue weighted by Gasteiger charge is -2.39. The number of hydrogen-bond acceptors (Lipinski definition) is 0. The van der Waals surface area contributed by atoms with Crippen LogP contribution in [-0.4, -0.2) is 0 Å². The number of allylic oxidation sites excluding steroid dienone is 2. The molecule has 0 saturated carbocycles. The Labute approximate surface area is 124 Å². The Balaban J connectivity index is 2.20. The van der Waals surface area contributed by atoms with Crippen molar-refractivity contribution in [2.75, 3.05) is 0 Å². The summed E-state index contributed by atoms with van der Waals surface area (Å²) < 4.78 is 0. The molecule has 1 aromatic carbocycles. The summed E-state index contributed by atoms with van der Waals surface area (Å²) in [6.07, 6.45) is 2.48. The van der Waals surface area contributed by atoms with Crippen LogP contribution in [0.5, 0.6) is 0 Å². The molecule has 0 nitrogen and oxygen atoms in total. The van der Waals surface area contributed by atoms with Crippen LogP contribution in [0.4, 0.5) is 0 Å². The van der Waals surface area contributed by atoms with E-state index in [1.165, 1.54) is 12.8 Å². The summed E-state index contributed by atoms with van der Waals surface area (Å²) in [7, 11) is 0. The smallest absolute Gasteiger partial charge is 0.00590 e. The van der Waals surface area contributed by atoms with Crippen LogP contribution < -0.4 is 0 Å². The predicted molar refractivity (Wildman–Crippen MR) is 86.9 cm³/mol. The van der Waals surface area contributed by atoms with Gasteiger partial charge >= 0.3 is 0 Å². The van der Waals surface area contributed by atoms with E-state index in [9.17, 15) is 0 Å². The number of fused-ring (bicyclic) bond motifs is 3. The Morgan fingerprint density at radius 3 is 2.10 bits per heavy atom. The first kappa shape index (κ1) is 13.9. The summed E-state index contributed by atoms with van der Waals surface area (Å²) >= 11 is 0. The van der Waals surface area contributed by atoms with Crippen LogP contribution in [0.1, 0.15) is 59.1 Å². The van der Waals surface area contributed by atoms with E-state index in [4.69, 9.17) is 0 Å². The van der Waals surface area contributed by atoms with E-state index in [0.29, 0.717) is 22.7 Å². The van der Waals surface area contributed by atoms with Gasteiger partial charge in [0.15, 0.2) is 0 Å². The highest BCUT2D eigenvalue weighted by molar-refractivity contribution is 5.53. The molecular formula is C20H28. The first-order valence-corrected chi connectivity index (χ1v) is 8.13. The molecule has 2 atom stereocenters. The molecular weight excluding hydrogens is 240 g/mol. The fourth-order valence-electron chi connectivity index (χ4n) is 5.12. The second-order valence-corrected chi connectivity index (χ2v) is 7.92. The summed E-state index contributed by atoms with van der Waals surface area (Å²) in [4.78, 5) is 0. The molecule has 0 saturated heterocycles. The van der Waals surface area contributed by atoms with Gasteiger partial charge in [0.05, 0.1) is 0 Å². The maximum atomic E-state index is 2.53. The summed E-state index contributed by atoms with van der Waals surface area (Å²) in [6.45, 7) is 14.6. The lowest BCUT2D eigenvalue weighted by atomic mass is 9.64. The average Bonchev–Trinajstić information content (AvgIpc) is 2.71. The van der Waals surface area contributed by atoms with Crippen LogP contribution in [0.2, 0.25) is 0 Å². The highest BCUT2D eigenvalue weighted by Gasteiger charge is 2.58. The van der Waals surface area contributed by atoms with E-state index < -0.39 is 0 Å². The fourth-order valence-corrected chi connectivity index (χ4v) is 5.12. The summed E-state index contributed by atoms with van der Waals surface area (Å²) in [6, 6.07) is 9.14. The minimum absolute atomic E-state index is 0.308. The molecule has 0 spiro atoms. The van der Waals surface area contributed by atoms with Gasteiger partial charge in [-0.3, -0.25) is 0 Å². The third-order valence-electron chi connectivity index (χ3n) is 6.13. The molecule has 3 rings (SSSR count). The third kappa shape index (κ3) is 1.54. The summed E-state index contributed by atoms with van der Waals surface area (Å²) in [5.74, 6) is 1.34. The van der Waals surface area contributed by atoms with E-state index in [0.717, 1.165) is 0 Å². The van der Waals surface area contributed by atoms with Crippen LogP contribution in [0.3, 0.4) is 0 Å². The zero-order chi connectivity index (χ0) is 14.7. The lowest BCUT2D eigenvalue weighted by Crippen LogP contribution is -2.36. The fraction of sp³-hybridized carbons (Fsp3) is 0.600. The Morgan fingerprint density at radius 2 is 1.50 bits per heavy atom. The summed E-state index contributed by atoms with van der Waals surface area (Å²) in [5.41, 5.74) is 7.31. The van der Waals surface area contributed by atoms with E-state index in [1.54, 1.807) is 22.3 Å². The van der Waals surface area contributed by atoms with Crippen molar-refractivity contribution in [3.8, 4) is 0 Å². The second-order valence-electron chi connectivity index (χ2n) is 7.92. The van der Waals surface area contributed by atoms with Crippen molar-refractivity contribution >= 4 is 0 Å². The zero-order valence-corrected chi connectivity index (χ0v) is 13.9. The lowest BCUT2D eigenvalue weighted by molar-refractivity contribution is 0.239. The van der Waals surface area contributed by atoms with Gasteiger partial charge in [-0.2, -0.15) is 0 Å². The molecule has 0 radical (unpaired) electrons. The standard InChI is InChI=1S/C20H28/c1-13(2)16-12-19(5)17-10-8-7-9-15(17)11-20(19,6)18(16)14(3)4/h7-10,13-14H,11-12H2,1-6H3/t19-,20-/m1/s1. The summed E-state index contributed by atoms with van der Waals surface area (Å²) in [5, 5.41) is 0. The van der Waals surface area contributed by atoms with Crippen LogP contribution >= 0.6 is 0 Å². The SMILES string of the molecule is CC(C)C1=C(C(C)C)[C@@]2(C)Cc3ccccc3[C@@]2(C)C1. The predicted octanol–water partition coefficient (Wildman–Crippen LogP) is 5.52. The normalized spacial score (nSPS) is 32.2. The molecule has 0 fully saturated rings. The zero-order valence-electron chi connectivity index (χ0n) is 13.9. The van der Waals surface area contributed by atoms with E-state index >= 15 is 0 Å². The van der Waals surface area contributed by atoms with Gasteiger partial charge in [-0.15, -0.1) is 0 Å². The molecule has 108 valence electrons. The van der Waals surface area contributed by atoms with Crippen molar-refractivity contribution < 1.29 is 0 Å². The maximum Gasteiger partial charge on any atom is 0.00590 e. The van der Waals surface area contributed by atoms with Gasteiger partial charge in [0.2, 0.25) is 0 Å². The first-order valence-electron chi connectivity index (χ1n) is 8.13. The number of hydrogen-bond donors (Lipinski definition) is 0. The minimum atomic E-state index is 0.308. The van der Waals surface area contributed by atoms with E-state index in [2.05, 4.69) is 65.8 Å². The number of benzene rings is 1. The minimum Gasteiger partial charge on any atom is -0.0667 e. The second kappa shape index (κ2) is 4.23. The van der Waals surface area contributed by atoms with Gasteiger partial charge in [0, 0.05) is 10.8 Å². The third-order valence-corrected chi connectivity index (χ3v) is 6.13. The van der Waals surface area contributed by atoms with Crippen molar-refractivity contribution in [2.45, 2.75) is 59.8 Å². The van der Waals surface area contributed by atoms with Crippen molar-refractivity contribution in [1.29, 1.82) is 0 Å². The van der Waals surface area contributed by atoms with Crippen LogP contribution in [-0.2, 0) is 11.8 Å². The molecule has 0 amide bonds. The van der Waals surface area contributed by atoms with Crippen molar-refractivity contribution in [3.63, 3.8) is 0 Å². The first-order chi connectivity index (χ1) is 9.31. The van der Waals surface area contributed by atoms with E-state index in [1.807, 2.05) is 0 Å². The largest absolute Gasteiger partial charge is 0.0667 e. The molecule has 0 aromatic heterocycles. The molecule has 0 heteroatoms. The van der Waals surface area contributed by atoms with Gasteiger partial charge in [0.1, 0.15) is 0 Å². The van der Waals surface area contributed by atoms with Crippen molar-refractivity contribution in [3.05, 3.63) is 46.5 Å². The van der Waals surface area contributed by atoms with Crippen molar-refractivity contribution in [1.82, 2.24) is 0 Å². The Hall–Kier alpha value is -1.04. The molecule has 0 heterocycles. The molecule has 0 bridgehead atoms. The quantitative estimate of drug-likeness (QED) is 0.620. The Bertz CT molecular complexity index is 575. The highest BCUT2D eigenvalue weighted by Crippen LogP contribution is 2.65. The van der Waals surface area contributed by atoms with Gasteiger partial charge in [-0.25, -0.2) is 0 Å². The molecule has 2 aliphatic carbocycles. The highest BCUT2D eigenvalue weighted by atomic mass is 14.6. The van der Waals surface area contributed by atoms with Gasteiger partial charge in [-0.1, -0.05) is 77.0 Å². The van der Waals surface area contributed by atoms with Crippen LogP contribution in [0, 0.1) is 17.3 Å². The topological polar surface area (TPSA) is 0 Å². The van der Waals surface area contributed by atoms with Crippen molar-refractivity contribution in [2.24, 2.45) is 17.3 Å². The van der Waals surface area contributed by atoms with E-state index in [-0.39, 0.29) is 0 Å². The number of rotatable bonds is 2. The maximum absolute atomic E-state index is 2.53. The molecule has 2 aliphatic rings. The Morgan fingerprint density at radius 1 is 0.850 bits per heavy atom. The van der Waals surface area contributed by atoms with Gasteiger partial charge < -0.3 is 0 Å². The van der Waals surface area contributed by atoms with Crippen LogP contribution in [0.25, 0.3) is 0 Å². The Kier molecular flexibility index (Phi) is 2.94. The molecule has 1 aromatic rings. The molecule has 0 unspecified atom stereocenters. The monoisotopic (exact) mass is 268 g/mol.